The Morgan fingerprint density at radius 3 is 2.08 bits per heavy atom. The van der Waals surface area contributed by atoms with Crippen LogP contribution < -0.4 is 0 Å². The summed E-state index contributed by atoms with van der Waals surface area (Å²) >= 11 is 0. The number of rotatable bonds is 9. The molecule has 0 unspecified atom stereocenters. The molecule has 0 bridgehead atoms. The van der Waals surface area contributed by atoms with Gasteiger partial charge in [0.25, 0.3) is 0 Å². The van der Waals surface area contributed by atoms with Crippen LogP contribution in [0.25, 0.3) is 0 Å². The first-order valence-electron chi connectivity index (χ1n) is 4.56. The van der Waals surface area contributed by atoms with E-state index in [1.54, 1.807) is 7.11 Å². The molecule has 73 valence electrons. The van der Waals surface area contributed by atoms with Crippen LogP contribution in [0.1, 0.15) is 25.7 Å². The lowest BCUT2D eigenvalue weighted by atomic mass is 10.3. The SMILES string of the molecule is COCCCCOCCCC[O]. The zero-order valence-corrected chi connectivity index (χ0v) is 7.88. The van der Waals surface area contributed by atoms with Gasteiger partial charge in [-0.15, -0.1) is 0 Å². The summed E-state index contributed by atoms with van der Waals surface area (Å²) in [5.74, 6) is 0. The molecule has 0 atom stereocenters. The second kappa shape index (κ2) is 10.9. The monoisotopic (exact) mass is 175 g/mol. The highest BCUT2D eigenvalue weighted by atomic mass is 16.5. The van der Waals surface area contributed by atoms with Gasteiger partial charge >= 0.3 is 0 Å². The molecule has 0 spiro atoms. The Balaban J connectivity index is 2.73. The van der Waals surface area contributed by atoms with Gasteiger partial charge in [0, 0.05) is 26.9 Å². The van der Waals surface area contributed by atoms with Gasteiger partial charge in [-0.1, -0.05) is 0 Å². The summed E-state index contributed by atoms with van der Waals surface area (Å²) in [6, 6.07) is 0. The van der Waals surface area contributed by atoms with E-state index >= 15 is 0 Å². The van der Waals surface area contributed by atoms with Crippen molar-refractivity contribution in [2.45, 2.75) is 25.7 Å². The van der Waals surface area contributed by atoms with Crippen molar-refractivity contribution in [3.05, 3.63) is 0 Å². The topological polar surface area (TPSA) is 38.4 Å². The Hall–Kier alpha value is -0.120. The minimum Gasteiger partial charge on any atom is -0.385 e. The molecule has 12 heavy (non-hydrogen) atoms. The molecule has 0 aliphatic carbocycles. The van der Waals surface area contributed by atoms with E-state index in [0.717, 1.165) is 45.5 Å². The lowest BCUT2D eigenvalue weighted by molar-refractivity contribution is 0.107. The Morgan fingerprint density at radius 2 is 1.50 bits per heavy atom. The second-order valence-electron chi connectivity index (χ2n) is 2.72. The van der Waals surface area contributed by atoms with Crippen LogP contribution >= 0.6 is 0 Å². The van der Waals surface area contributed by atoms with Crippen molar-refractivity contribution in [1.29, 1.82) is 0 Å². The van der Waals surface area contributed by atoms with Gasteiger partial charge in [0.05, 0.1) is 6.61 Å². The molecule has 0 fully saturated rings. The lowest BCUT2D eigenvalue weighted by Gasteiger charge is -2.02. The highest BCUT2D eigenvalue weighted by Crippen LogP contribution is 1.93. The molecule has 3 nitrogen and oxygen atoms in total. The molecule has 0 amide bonds. The van der Waals surface area contributed by atoms with E-state index in [9.17, 15) is 5.11 Å². The van der Waals surface area contributed by atoms with Crippen molar-refractivity contribution in [2.24, 2.45) is 0 Å². The first-order chi connectivity index (χ1) is 5.91. The fourth-order valence-corrected chi connectivity index (χ4v) is 0.859. The highest BCUT2D eigenvalue weighted by molar-refractivity contribution is 4.39. The Labute approximate surface area is 74.7 Å². The largest absolute Gasteiger partial charge is 0.385 e. The fraction of sp³-hybridized carbons (Fsp3) is 1.00. The molecule has 3 heteroatoms. The van der Waals surface area contributed by atoms with E-state index in [0.29, 0.717) is 0 Å². The van der Waals surface area contributed by atoms with Gasteiger partial charge in [0.2, 0.25) is 0 Å². The van der Waals surface area contributed by atoms with Gasteiger partial charge in [0.1, 0.15) is 0 Å². The Bertz CT molecular complexity index is 66.2. The number of hydrogen-bond acceptors (Lipinski definition) is 2. The van der Waals surface area contributed by atoms with Crippen LogP contribution in [-0.4, -0.2) is 33.5 Å². The summed E-state index contributed by atoms with van der Waals surface area (Å²) in [7, 11) is 1.70. The van der Waals surface area contributed by atoms with Crippen LogP contribution in [0.15, 0.2) is 0 Å². The molecule has 0 aliphatic heterocycles. The van der Waals surface area contributed by atoms with Crippen LogP contribution in [-0.2, 0) is 14.6 Å². The van der Waals surface area contributed by atoms with Gasteiger partial charge < -0.3 is 9.47 Å². The lowest BCUT2D eigenvalue weighted by Crippen LogP contribution is -1.99. The molecule has 0 N–H and O–H groups in total. The van der Waals surface area contributed by atoms with Crippen molar-refractivity contribution < 1.29 is 14.6 Å². The van der Waals surface area contributed by atoms with Gasteiger partial charge in [-0.2, -0.15) is 0 Å². The average molecular weight is 175 g/mol. The summed E-state index contributed by atoms with van der Waals surface area (Å²) < 4.78 is 10.2. The molecule has 0 aromatic rings. The normalized spacial score (nSPS) is 10.5. The standard InChI is InChI=1S/C9H19O3/c1-11-7-4-5-9-12-8-3-2-6-10/h2-9H2,1H3. The summed E-state index contributed by atoms with van der Waals surface area (Å²) in [5, 5.41) is 10.0. The maximum atomic E-state index is 10.0. The molecule has 0 aliphatic rings. The van der Waals surface area contributed by atoms with E-state index in [1.165, 1.54) is 0 Å². The second-order valence-corrected chi connectivity index (χ2v) is 2.72. The molecular formula is C9H19O3. The van der Waals surface area contributed by atoms with E-state index in [2.05, 4.69) is 0 Å². The average Bonchev–Trinajstić information content (AvgIpc) is 2.10. The molecular weight excluding hydrogens is 156 g/mol. The Morgan fingerprint density at radius 1 is 0.917 bits per heavy atom. The first kappa shape index (κ1) is 11.9. The smallest absolute Gasteiger partial charge is 0.0823 e. The van der Waals surface area contributed by atoms with Crippen molar-refractivity contribution in [1.82, 2.24) is 0 Å². The van der Waals surface area contributed by atoms with Crippen LogP contribution in [0.4, 0.5) is 0 Å². The Kier molecular flexibility index (Phi) is 10.8. The van der Waals surface area contributed by atoms with E-state index < -0.39 is 0 Å². The fourth-order valence-electron chi connectivity index (χ4n) is 0.859. The van der Waals surface area contributed by atoms with Crippen LogP contribution in [0, 0.1) is 0 Å². The maximum absolute atomic E-state index is 10.0. The van der Waals surface area contributed by atoms with E-state index in [1.807, 2.05) is 0 Å². The van der Waals surface area contributed by atoms with Crippen LogP contribution in [0.3, 0.4) is 0 Å². The van der Waals surface area contributed by atoms with Crippen molar-refractivity contribution in [2.75, 3.05) is 33.5 Å². The molecule has 0 saturated heterocycles. The first-order valence-corrected chi connectivity index (χ1v) is 4.56. The van der Waals surface area contributed by atoms with E-state index in [-0.39, 0.29) is 6.61 Å². The molecule has 0 rings (SSSR count). The zero-order valence-electron chi connectivity index (χ0n) is 7.88. The third-order valence-electron chi connectivity index (χ3n) is 1.57. The van der Waals surface area contributed by atoms with Gasteiger partial charge in [-0.25, -0.2) is 5.11 Å². The quantitative estimate of drug-likeness (QED) is 0.500. The van der Waals surface area contributed by atoms with Gasteiger partial charge in [0.15, 0.2) is 0 Å². The van der Waals surface area contributed by atoms with Crippen molar-refractivity contribution in [3.8, 4) is 0 Å². The van der Waals surface area contributed by atoms with Crippen molar-refractivity contribution in [3.63, 3.8) is 0 Å². The van der Waals surface area contributed by atoms with Crippen LogP contribution in [0.5, 0.6) is 0 Å². The minimum atomic E-state index is 0.0209. The highest BCUT2D eigenvalue weighted by Gasteiger charge is 1.90. The number of methoxy groups -OCH3 is 1. The summed E-state index contributed by atoms with van der Waals surface area (Å²) in [6.45, 7) is 2.36. The number of unbranched alkanes of at least 4 members (excludes halogenated alkanes) is 2. The molecule has 0 aromatic heterocycles. The van der Waals surface area contributed by atoms with Crippen LogP contribution in [0.2, 0.25) is 0 Å². The number of ether oxygens (including phenoxy) is 2. The molecule has 0 saturated carbocycles. The van der Waals surface area contributed by atoms with Crippen molar-refractivity contribution >= 4 is 0 Å². The molecule has 0 aromatic carbocycles. The third kappa shape index (κ3) is 9.88. The van der Waals surface area contributed by atoms with E-state index in [4.69, 9.17) is 9.47 Å². The summed E-state index contributed by atoms with van der Waals surface area (Å²) in [6.07, 6.45) is 3.73. The summed E-state index contributed by atoms with van der Waals surface area (Å²) in [4.78, 5) is 0. The third-order valence-corrected chi connectivity index (χ3v) is 1.57. The summed E-state index contributed by atoms with van der Waals surface area (Å²) in [5.41, 5.74) is 0. The maximum Gasteiger partial charge on any atom is 0.0823 e. The predicted octanol–water partition coefficient (Wildman–Crippen LogP) is 1.64. The molecule has 0 heterocycles. The number of hydrogen-bond donors (Lipinski definition) is 0. The van der Waals surface area contributed by atoms with Gasteiger partial charge in [-0.3, -0.25) is 0 Å². The zero-order chi connectivity index (χ0) is 9.07. The minimum absolute atomic E-state index is 0.0209. The van der Waals surface area contributed by atoms with Gasteiger partial charge in [-0.05, 0) is 25.7 Å². The predicted molar refractivity (Wildman–Crippen MR) is 46.7 cm³/mol. The molecule has 1 radical (unpaired) electrons.